The Morgan fingerprint density at radius 3 is 2.73 bits per heavy atom. The van der Waals surface area contributed by atoms with Gasteiger partial charge in [0.05, 0.1) is 12.6 Å². The van der Waals surface area contributed by atoms with Crippen molar-refractivity contribution in [1.82, 2.24) is 4.98 Å². The molecule has 1 atom stereocenters. The van der Waals surface area contributed by atoms with Gasteiger partial charge in [-0.2, -0.15) is 0 Å². The Bertz CT molecular complexity index is 388. The zero-order valence-electron chi connectivity index (χ0n) is 8.13. The number of aliphatic hydroxyl groups is 1. The Morgan fingerprint density at radius 2 is 2.13 bits per heavy atom. The molecule has 0 saturated heterocycles. The second kappa shape index (κ2) is 4.91. The Morgan fingerprint density at radius 1 is 1.33 bits per heavy atom. The van der Waals surface area contributed by atoms with E-state index >= 15 is 0 Å². The molecule has 0 amide bonds. The normalized spacial score (nSPS) is 12.3. The first-order valence-corrected chi connectivity index (χ1v) is 5.60. The average molecular weight is 220 g/mol. The topological polar surface area (TPSA) is 45.1 Å². The van der Waals surface area contributed by atoms with Crippen LogP contribution >= 0.6 is 11.3 Å². The third-order valence-electron chi connectivity index (χ3n) is 2.11. The number of aromatic nitrogens is 1. The summed E-state index contributed by atoms with van der Waals surface area (Å²) in [5.74, 6) is 0. The lowest BCUT2D eigenvalue weighted by molar-refractivity contribution is 0.276. The van der Waals surface area contributed by atoms with E-state index in [2.05, 4.69) is 10.3 Å². The van der Waals surface area contributed by atoms with E-state index in [-0.39, 0.29) is 12.6 Å². The minimum Gasteiger partial charge on any atom is -0.394 e. The van der Waals surface area contributed by atoms with Crippen molar-refractivity contribution in [1.29, 1.82) is 0 Å². The van der Waals surface area contributed by atoms with Crippen LogP contribution in [0.1, 0.15) is 11.6 Å². The smallest absolute Gasteiger partial charge is 0.183 e. The maximum Gasteiger partial charge on any atom is 0.183 e. The first-order valence-electron chi connectivity index (χ1n) is 4.72. The molecule has 0 fully saturated rings. The van der Waals surface area contributed by atoms with Crippen LogP contribution in [0.2, 0.25) is 0 Å². The van der Waals surface area contributed by atoms with Gasteiger partial charge < -0.3 is 10.4 Å². The van der Waals surface area contributed by atoms with Crippen molar-refractivity contribution in [2.45, 2.75) is 6.04 Å². The number of nitrogens with one attached hydrogen (secondary N) is 1. The van der Waals surface area contributed by atoms with E-state index < -0.39 is 0 Å². The van der Waals surface area contributed by atoms with Crippen LogP contribution in [0.3, 0.4) is 0 Å². The number of hydrogen-bond donors (Lipinski definition) is 2. The molecule has 3 nitrogen and oxygen atoms in total. The zero-order valence-corrected chi connectivity index (χ0v) is 8.95. The fourth-order valence-electron chi connectivity index (χ4n) is 1.36. The maximum absolute atomic E-state index is 9.29. The highest BCUT2D eigenvalue weighted by Gasteiger charge is 2.10. The van der Waals surface area contributed by atoms with Gasteiger partial charge in [-0.1, -0.05) is 30.3 Å². The van der Waals surface area contributed by atoms with E-state index in [1.54, 1.807) is 6.20 Å². The van der Waals surface area contributed by atoms with E-state index in [1.807, 2.05) is 35.7 Å². The van der Waals surface area contributed by atoms with Crippen LogP contribution in [-0.2, 0) is 0 Å². The van der Waals surface area contributed by atoms with Gasteiger partial charge in [0.15, 0.2) is 5.13 Å². The summed E-state index contributed by atoms with van der Waals surface area (Å²) in [5.41, 5.74) is 1.07. The molecule has 2 N–H and O–H groups in total. The molecule has 2 rings (SSSR count). The molecule has 2 aromatic rings. The van der Waals surface area contributed by atoms with E-state index in [0.29, 0.717) is 0 Å². The number of anilines is 1. The molecular formula is C11H12N2OS. The van der Waals surface area contributed by atoms with Crippen LogP contribution in [0.5, 0.6) is 0 Å². The molecular weight excluding hydrogens is 208 g/mol. The van der Waals surface area contributed by atoms with Crippen molar-refractivity contribution in [2.75, 3.05) is 11.9 Å². The highest BCUT2D eigenvalue weighted by Crippen LogP contribution is 2.20. The number of rotatable bonds is 4. The lowest BCUT2D eigenvalue weighted by atomic mass is 10.1. The molecule has 1 heterocycles. The standard InChI is InChI=1S/C11H12N2OS/c14-8-10(9-4-2-1-3-5-9)13-11-12-6-7-15-11/h1-7,10,14H,8H2,(H,12,13)/t10-/m0/s1. The fraction of sp³-hybridized carbons (Fsp3) is 0.182. The molecule has 1 aromatic heterocycles. The molecule has 0 aliphatic carbocycles. The Labute approximate surface area is 92.4 Å². The van der Waals surface area contributed by atoms with Crippen molar-refractivity contribution < 1.29 is 5.11 Å². The Balaban J connectivity index is 2.12. The van der Waals surface area contributed by atoms with Crippen molar-refractivity contribution in [3.8, 4) is 0 Å². The highest BCUT2D eigenvalue weighted by molar-refractivity contribution is 7.13. The summed E-state index contributed by atoms with van der Waals surface area (Å²) in [6.07, 6.45) is 1.74. The predicted molar refractivity (Wildman–Crippen MR) is 62.0 cm³/mol. The fourth-order valence-corrected chi connectivity index (χ4v) is 1.95. The van der Waals surface area contributed by atoms with E-state index in [0.717, 1.165) is 10.7 Å². The van der Waals surface area contributed by atoms with Crippen molar-refractivity contribution in [3.63, 3.8) is 0 Å². The van der Waals surface area contributed by atoms with Gasteiger partial charge in [0.2, 0.25) is 0 Å². The molecule has 15 heavy (non-hydrogen) atoms. The summed E-state index contributed by atoms with van der Waals surface area (Å²) in [7, 11) is 0. The second-order valence-corrected chi connectivity index (χ2v) is 4.02. The molecule has 1 aromatic carbocycles. The molecule has 0 aliphatic heterocycles. The Kier molecular flexibility index (Phi) is 3.32. The van der Waals surface area contributed by atoms with Crippen LogP contribution < -0.4 is 5.32 Å². The van der Waals surface area contributed by atoms with Gasteiger partial charge in [0, 0.05) is 11.6 Å². The molecule has 0 bridgehead atoms. The van der Waals surface area contributed by atoms with Gasteiger partial charge in [0.25, 0.3) is 0 Å². The number of aliphatic hydroxyl groups excluding tert-OH is 1. The number of thiazole rings is 1. The first kappa shape index (κ1) is 10.1. The first-order chi connectivity index (χ1) is 7.40. The van der Waals surface area contributed by atoms with Gasteiger partial charge in [-0.3, -0.25) is 0 Å². The van der Waals surface area contributed by atoms with Crippen LogP contribution in [-0.4, -0.2) is 16.7 Å². The highest BCUT2D eigenvalue weighted by atomic mass is 32.1. The molecule has 0 saturated carbocycles. The molecule has 0 aliphatic rings. The van der Waals surface area contributed by atoms with Crippen LogP contribution in [0.25, 0.3) is 0 Å². The summed E-state index contributed by atoms with van der Waals surface area (Å²) in [6, 6.07) is 9.77. The largest absolute Gasteiger partial charge is 0.394 e. The predicted octanol–water partition coefficient (Wildman–Crippen LogP) is 2.29. The monoisotopic (exact) mass is 220 g/mol. The van der Waals surface area contributed by atoms with E-state index in [1.165, 1.54) is 11.3 Å². The Hall–Kier alpha value is -1.39. The van der Waals surface area contributed by atoms with Gasteiger partial charge in [0.1, 0.15) is 0 Å². The van der Waals surface area contributed by atoms with Gasteiger partial charge in [-0.05, 0) is 5.56 Å². The molecule has 78 valence electrons. The summed E-state index contributed by atoms with van der Waals surface area (Å²) in [4.78, 5) is 4.13. The lowest BCUT2D eigenvalue weighted by Gasteiger charge is -2.15. The SMILES string of the molecule is OC[C@H](Nc1nccs1)c1ccccc1. The third-order valence-corrected chi connectivity index (χ3v) is 2.82. The molecule has 0 radical (unpaired) electrons. The number of nitrogens with zero attached hydrogens (tertiary/aromatic N) is 1. The average Bonchev–Trinajstić information content (AvgIpc) is 2.80. The van der Waals surface area contributed by atoms with Gasteiger partial charge in [-0.15, -0.1) is 11.3 Å². The van der Waals surface area contributed by atoms with Crippen LogP contribution in [0.15, 0.2) is 41.9 Å². The summed E-state index contributed by atoms with van der Waals surface area (Å²) in [5, 5.41) is 15.2. The third kappa shape index (κ3) is 2.55. The summed E-state index contributed by atoms with van der Waals surface area (Å²) in [6.45, 7) is 0.0591. The van der Waals surface area contributed by atoms with E-state index in [4.69, 9.17) is 0 Å². The molecule has 4 heteroatoms. The summed E-state index contributed by atoms with van der Waals surface area (Å²) >= 11 is 1.53. The van der Waals surface area contributed by atoms with Crippen molar-refractivity contribution in [2.24, 2.45) is 0 Å². The lowest BCUT2D eigenvalue weighted by Crippen LogP contribution is -2.14. The summed E-state index contributed by atoms with van der Waals surface area (Å²) < 4.78 is 0. The van der Waals surface area contributed by atoms with Crippen molar-refractivity contribution >= 4 is 16.5 Å². The minimum atomic E-state index is -0.0858. The molecule has 0 spiro atoms. The van der Waals surface area contributed by atoms with E-state index in [9.17, 15) is 5.11 Å². The maximum atomic E-state index is 9.29. The van der Waals surface area contributed by atoms with Crippen LogP contribution in [0, 0.1) is 0 Å². The number of benzene rings is 1. The van der Waals surface area contributed by atoms with Gasteiger partial charge in [-0.25, -0.2) is 4.98 Å². The van der Waals surface area contributed by atoms with Crippen LogP contribution in [0.4, 0.5) is 5.13 Å². The van der Waals surface area contributed by atoms with Gasteiger partial charge >= 0.3 is 0 Å². The minimum absolute atomic E-state index is 0.0591. The van der Waals surface area contributed by atoms with Crippen molar-refractivity contribution in [3.05, 3.63) is 47.5 Å². The second-order valence-electron chi connectivity index (χ2n) is 3.13. The quantitative estimate of drug-likeness (QED) is 0.831. The zero-order chi connectivity index (χ0) is 10.5. The molecule has 0 unspecified atom stereocenters. The number of hydrogen-bond acceptors (Lipinski definition) is 4.